The highest BCUT2D eigenvalue weighted by atomic mass is 32.1. The smallest absolute Gasteiger partial charge is 0.277 e. The molecule has 4 N–H and O–H groups in total. The second-order valence-corrected chi connectivity index (χ2v) is 9.55. The van der Waals surface area contributed by atoms with E-state index in [-0.39, 0.29) is 27.2 Å². The highest BCUT2D eigenvalue weighted by molar-refractivity contribution is 7.19. The number of anilines is 3. The number of fused-ring (bicyclic) bond motifs is 1. The van der Waals surface area contributed by atoms with Gasteiger partial charge < -0.3 is 21.4 Å². The first-order valence-electron chi connectivity index (χ1n) is 11.1. The van der Waals surface area contributed by atoms with Gasteiger partial charge in [-0.25, -0.2) is 13.8 Å². The number of aromatic nitrogens is 2. The topological polar surface area (TPSA) is 132 Å². The number of rotatable bonds is 4. The SMILES string of the molecule is N#CC1CCc2c1ncc(NC(=O)c1nc(-c3c(F)cccc3F)sc1N)c2N1CCCC(=N)C1. The van der Waals surface area contributed by atoms with E-state index in [4.69, 9.17) is 11.1 Å². The Hall–Kier alpha value is -3.91. The first-order chi connectivity index (χ1) is 16.9. The molecule has 11 heteroatoms. The van der Waals surface area contributed by atoms with Gasteiger partial charge >= 0.3 is 0 Å². The number of halogens is 2. The number of nitrogens with one attached hydrogen (secondary N) is 2. The Kier molecular flexibility index (Phi) is 5.90. The first-order valence-corrected chi connectivity index (χ1v) is 11.9. The highest BCUT2D eigenvalue weighted by Gasteiger charge is 2.32. The molecule has 2 aromatic heterocycles. The summed E-state index contributed by atoms with van der Waals surface area (Å²) in [5, 5.41) is 20.5. The minimum Gasteiger partial charge on any atom is -0.389 e. The molecule has 8 nitrogen and oxygen atoms in total. The quantitative estimate of drug-likeness (QED) is 0.491. The molecule has 1 aromatic carbocycles. The molecular formula is C24H21F2N7OS. The maximum atomic E-state index is 14.2. The summed E-state index contributed by atoms with van der Waals surface area (Å²) in [6.45, 7) is 1.13. The fourth-order valence-corrected chi connectivity index (χ4v) is 5.53. The van der Waals surface area contributed by atoms with Crippen LogP contribution >= 0.6 is 11.3 Å². The minimum atomic E-state index is -0.796. The molecule has 0 bridgehead atoms. The number of amides is 1. The van der Waals surface area contributed by atoms with Crippen LogP contribution in [-0.2, 0) is 6.42 Å². The fraction of sp³-hybridized carbons (Fsp3) is 0.292. The van der Waals surface area contributed by atoms with Crippen LogP contribution in [0.1, 0.15) is 46.9 Å². The van der Waals surface area contributed by atoms with E-state index >= 15 is 0 Å². The molecule has 2 aliphatic rings. The minimum absolute atomic E-state index is 0.0279. The number of piperidine rings is 1. The third kappa shape index (κ3) is 4.10. The van der Waals surface area contributed by atoms with Crippen LogP contribution in [0.5, 0.6) is 0 Å². The molecule has 0 spiro atoms. The van der Waals surface area contributed by atoms with Crippen molar-refractivity contribution in [1.29, 1.82) is 10.7 Å². The molecule has 1 amide bonds. The van der Waals surface area contributed by atoms with Crippen LogP contribution in [0.3, 0.4) is 0 Å². The zero-order valence-corrected chi connectivity index (χ0v) is 19.4. The third-order valence-electron chi connectivity index (χ3n) is 6.25. The zero-order valence-electron chi connectivity index (χ0n) is 18.6. The van der Waals surface area contributed by atoms with Crippen LogP contribution in [0.15, 0.2) is 24.4 Å². The number of benzene rings is 1. The lowest BCUT2D eigenvalue weighted by Gasteiger charge is -2.32. The van der Waals surface area contributed by atoms with E-state index in [0.717, 1.165) is 47.6 Å². The number of nitriles is 1. The summed E-state index contributed by atoms with van der Waals surface area (Å²) in [4.78, 5) is 23.8. The van der Waals surface area contributed by atoms with Crippen molar-refractivity contribution in [3.63, 3.8) is 0 Å². The van der Waals surface area contributed by atoms with Crippen molar-refractivity contribution < 1.29 is 13.6 Å². The van der Waals surface area contributed by atoms with Gasteiger partial charge in [0.2, 0.25) is 0 Å². The van der Waals surface area contributed by atoms with Crippen molar-refractivity contribution in [2.75, 3.05) is 29.0 Å². The van der Waals surface area contributed by atoms with E-state index in [0.29, 0.717) is 43.0 Å². The molecule has 5 rings (SSSR count). The van der Waals surface area contributed by atoms with Crippen LogP contribution in [0.25, 0.3) is 10.6 Å². The lowest BCUT2D eigenvalue weighted by atomic mass is 10.0. The summed E-state index contributed by atoms with van der Waals surface area (Å²) in [5.41, 5.74) is 8.90. The van der Waals surface area contributed by atoms with Crippen molar-refractivity contribution in [2.24, 2.45) is 0 Å². The van der Waals surface area contributed by atoms with Gasteiger partial charge in [0.1, 0.15) is 21.6 Å². The molecule has 1 fully saturated rings. The first kappa shape index (κ1) is 22.9. The average Bonchev–Trinajstić information content (AvgIpc) is 3.42. The van der Waals surface area contributed by atoms with Gasteiger partial charge in [-0.15, -0.1) is 0 Å². The predicted octanol–water partition coefficient (Wildman–Crippen LogP) is 4.49. The Balaban J connectivity index is 1.51. The van der Waals surface area contributed by atoms with E-state index in [1.165, 1.54) is 12.3 Å². The molecule has 35 heavy (non-hydrogen) atoms. The van der Waals surface area contributed by atoms with Crippen LogP contribution in [0, 0.1) is 28.4 Å². The molecule has 1 unspecified atom stereocenters. The number of carbonyl (C=O) groups excluding carboxylic acids is 1. The average molecular weight is 494 g/mol. The Morgan fingerprint density at radius 2 is 2.09 bits per heavy atom. The molecule has 1 aliphatic heterocycles. The maximum absolute atomic E-state index is 14.2. The van der Waals surface area contributed by atoms with Gasteiger partial charge in [0.25, 0.3) is 5.91 Å². The predicted molar refractivity (Wildman–Crippen MR) is 130 cm³/mol. The standard InChI is InChI=1S/C24H21F2N7OS/c25-15-4-1-5-16(26)18(15)24-32-20(22(29)35-24)23(34)31-17-10-30-19-12(9-27)6-7-14(19)21(17)33-8-2-3-13(28)11-33/h1,4-5,10,12,28H,2-3,6-8,11,29H2,(H,31,34). The van der Waals surface area contributed by atoms with Crippen LogP contribution < -0.4 is 16.0 Å². The van der Waals surface area contributed by atoms with Crippen LogP contribution in [0.2, 0.25) is 0 Å². The largest absolute Gasteiger partial charge is 0.389 e. The van der Waals surface area contributed by atoms with Gasteiger partial charge in [0.15, 0.2) is 5.69 Å². The van der Waals surface area contributed by atoms with Crippen molar-refractivity contribution in [3.05, 3.63) is 53.0 Å². The third-order valence-corrected chi connectivity index (χ3v) is 7.15. The molecule has 3 heterocycles. The number of hydrogen-bond donors (Lipinski definition) is 3. The van der Waals surface area contributed by atoms with Crippen molar-refractivity contribution in [1.82, 2.24) is 9.97 Å². The fourth-order valence-electron chi connectivity index (χ4n) is 4.66. The normalized spacial score (nSPS) is 17.2. The number of thiazole rings is 1. The monoisotopic (exact) mass is 493 g/mol. The van der Waals surface area contributed by atoms with Gasteiger partial charge in [-0.05, 0) is 37.8 Å². The van der Waals surface area contributed by atoms with Gasteiger partial charge in [-0.3, -0.25) is 9.78 Å². The second kappa shape index (κ2) is 9.03. The summed E-state index contributed by atoms with van der Waals surface area (Å²) >= 11 is 0.826. The Morgan fingerprint density at radius 3 is 2.80 bits per heavy atom. The van der Waals surface area contributed by atoms with Gasteiger partial charge in [0.05, 0.1) is 47.4 Å². The lowest BCUT2D eigenvalue weighted by Crippen LogP contribution is -2.36. The zero-order chi connectivity index (χ0) is 24.7. The van der Waals surface area contributed by atoms with Gasteiger partial charge in [-0.2, -0.15) is 5.26 Å². The van der Waals surface area contributed by atoms with E-state index in [2.05, 4.69) is 21.4 Å². The molecule has 178 valence electrons. The molecule has 0 saturated carbocycles. The van der Waals surface area contributed by atoms with E-state index in [1.54, 1.807) is 0 Å². The number of hydrogen-bond acceptors (Lipinski definition) is 8. The Morgan fingerprint density at radius 1 is 1.31 bits per heavy atom. The molecular weight excluding hydrogens is 472 g/mol. The number of pyridine rings is 1. The van der Waals surface area contributed by atoms with Crippen LogP contribution in [0.4, 0.5) is 25.2 Å². The van der Waals surface area contributed by atoms with Crippen LogP contribution in [-0.4, -0.2) is 34.7 Å². The van der Waals surface area contributed by atoms with Crippen molar-refractivity contribution >= 4 is 39.3 Å². The number of nitrogen functional groups attached to an aromatic ring is 1. The molecule has 1 atom stereocenters. The Labute approximate surface area is 203 Å². The molecule has 1 aliphatic carbocycles. The molecule has 0 radical (unpaired) electrons. The lowest BCUT2D eigenvalue weighted by molar-refractivity contribution is 0.102. The summed E-state index contributed by atoms with van der Waals surface area (Å²) < 4.78 is 28.5. The molecule has 1 saturated heterocycles. The summed E-state index contributed by atoms with van der Waals surface area (Å²) in [6.07, 6.45) is 4.32. The summed E-state index contributed by atoms with van der Waals surface area (Å²) in [6, 6.07) is 5.76. The van der Waals surface area contributed by atoms with E-state index in [1.807, 2.05) is 4.90 Å². The number of nitrogens with zero attached hydrogens (tertiary/aromatic N) is 4. The highest BCUT2D eigenvalue weighted by Crippen LogP contribution is 2.42. The van der Waals surface area contributed by atoms with E-state index < -0.39 is 17.5 Å². The second-order valence-electron chi connectivity index (χ2n) is 8.52. The summed E-state index contributed by atoms with van der Waals surface area (Å²) in [7, 11) is 0. The van der Waals surface area contributed by atoms with Gasteiger partial charge in [-0.1, -0.05) is 17.4 Å². The van der Waals surface area contributed by atoms with E-state index in [9.17, 15) is 18.8 Å². The van der Waals surface area contributed by atoms with Crippen molar-refractivity contribution in [3.8, 4) is 16.6 Å². The molecule has 3 aromatic rings. The van der Waals surface area contributed by atoms with Gasteiger partial charge in [0, 0.05) is 17.8 Å². The Bertz CT molecular complexity index is 1380. The number of carbonyl (C=O) groups is 1. The number of nitrogens with two attached hydrogens (primary N) is 1. The van der Waals surface area contributed by atoms with Crippen molar-refractivity contribution in [2.45, 2.75) is 31.6 Å². The maximum Gasteiger partial charge on any atom is 0.277 e. The summed E-state index contributed by atoms with van der Waals surface area (Å²) in [5.74, 6) is -2.54.